The summed E-state index contributed by atoms with van der Waals surface area (Å²) in [5.74, 6) is 1.12. The van der Waals surface area contributed by atoms with Crippen LogP contribution in [0, 0.1) is 5.92 Å². The Bertz CT molecular complexity index is 859. The lowest BCUT2D eigenvalue weighted by molar-refractivity contribution is -0.0107. The normalized spacial score (nSPS) is 24.4. The Morgan fingerprint density at radius 2 is 2.11 bits per heavy atom. The van der Waals surface area contributed by atoms with Gasteiger partial charge in [0, 0.05) is 26.0 Å². The van der Waals surface area contributed by atoms with Crippen LogP contribution in [0.5, 0.6) is 5.75 Å². The highest BCUT2D eigenvalue weighted by molar-refractivity contribution is 6.32. The van der Waals surface area contributed by atoms with E-state index in [-0.39, 0.29) is 22.8 Å². The molecule has 1 aromatic carbocycles. The molecule has 0 bridgehead atoms. The zero-order chi connectivity index (χ0) is 19.5. The van der Waals surface area contributed by atoms with Crippen molar-refractivity contribution in [2.45, 2.75) is 37.9 Å². The molecule has 2 N–H and O–H groups in total. The molecule has 2 aromatic rings. The average molecular weight is 406 g/mol. The lowest BCUT2D eigenvalue weighted by Gasteiger charge is -2.31. The molecule has 1 aromatic heterocycles. The van der Waals surface area contributed by atoms with Crippen molar-refractivity contribution >= 4 is 17.3 Å². The fraction of sp³-hybridized carbons (Fsp3) is 0.500. The van der Waals surface area contributed by atoms with E-state index in [9.17, 15) is 9.90 Å². The van der Waals surface area contributed by atoms with Crippen LogP contribution >= 0.6 is 11.6 Å². The number of nitrogens with zero attached hydrogens (tertiary/aromatic N) is 2. The summed E-state index contributed by atoms with van der Waals surface area (Å²) in [6.07, 6.45) is 4.83. The number of halogens is 1. The van der Waals surface area contributed by atoms with Crippen LogP contribution in [0.15, 0.2) is 35.3 Å². The number of ether oxygens (including phenoxy) is 2. The molecule has 0 spiro atoms. The summed E-state index contributed by atoms with van der Waals surface area (Å²) in [5, 5.41) is 16.9. The van der Waals surface area contributed by atoms with Crippen LogP contribution < -0.4 is 15.6 Å². The van der Waals surface area contributed by atoms with Gasteiger partial charge in [0.15, 0.2) is 0 Å². The number of hydrogen-bond donors (Lipinski definition) is 2. The highest BCUT2D eigenvalue weighted by Crippen LogP contribution is 2.26. The van der Waals surface area contributed by atoms with Crippen LogP contribution in [-0.2, 0) is 4.74 Å². The largest absolute Gasteiger partial charge is 0.490 e. The molecule has 150 valence electrons. The van der Waals surface area contributed by atoms with Gasteiger partial charge in [-0.15, -0.1) is 0 Å². The Hall–Kier alpha value is -2.09. The second-order valence-electron chi connectivity index (χ2n) is 7.41. The molecular weight excluding hydrogens is 382 g/mol. The minimum absolute atomic E-state index is 0.0519. The van der Waals surface area contributed by atoms with Gasteiger partial charge in [-0.3, -0.25) is 4.79 Å². The van der Waals surface area contributed by atoms with Gasteiger partial charge < -0.3 is 19.9 Å². The summed E-state index contributed by atoms with van der Waals surface area (Å²) in [6.45, 7) is 2.25. The maximum atomic E-state index is 12.6. The van der Waals surface area contributed by atoms with Gasteiger partial charge in [0.05, 0.1) is 30.3 Å². The van der Waals surface area contributed by atoms with Crippen LogP contribution in [0.25, 0.3) is 5.69 Å². The molecule has 7 nitrogen and oxygen atoms in total. The number of rotatable bonds is 6. The van der Waals surface area contributed by atoms with Gasteiger partial charge in [-0.05, 0) is 43.0 Å². The van der Waals surface area contributed by atoms with E-state index in [0.717, 1.165) is 26.1 Å². The van der Waals surface area contributed by atoms with Crippen molar-refractivity contribution in [2.24, 2.45) is 5.92 Å². The molecule has 1 aliphatic heterocycles. The summed E-state index contributed by atoms with van der Waals surface area (Å²) in [5.41, 5.74) is 0.777. The Morgan fingerprint density at radius 1 is 1.32 bits per heavy atom. The van der Waals surface area contributed by atoms with Crippen LogP contribution in [0.2, 0.25) is 5.02 Å². The minimum Gasteiger partial charge on any atom is -0.490 e. The van der Waals surface area contributed by atoms with Crippen LogP contribution in [0.1, 0.15) is 25.7 Å². The van der Waals surface area contributed by atoms with Crippen molar-refractivity contribution < 1.29 is 14.6 Å². The van der Waals surface area contributed by atoms with Crippen molar-refractivity contribution in [1.29, 1.82) is 0 Å². The average Bonchev–Trinajstić information content (AvgIpc) is 2.69. The monoisotopic (exact) mass is 405 g/mol. The molecular formula is C20H24ClN3O4. The smallest absolute Gasteiger partial charge is 0.292 e. The molecule has 0 radical (unpaired) electrons. The summed E-state index contributed by atoms with van der Waals surface area (Å²) in [7, 11) is 0. The van der Waals surface area contributed by atoms with Gasteiger partial charge in [-0.25, -0.2) is 0 Å². The third-order valence-corrected chi connectivity index (χ3v) is 5.57. The number of aliphatic hydroxyl groups is 1. The van der Waals surface area contributed by atoms with E-state index in [2.05, 4.69) is 10.4 Å². The number of nitrogens with one attached hydrogen (secondary N) is 1. The number of hydrogen-bond acceptors (Lipinski definition) is 6. The maximum Gasteiger partial charge on any atom is 0.292 e. The second-order valence-corrected chi connectivity index (χ2v) is 7.79. The SMILES string of the molecule is O=c1c(Cl)c(NC[C@H]2CCCOC2)cnn1-c1ccc(OC2CC(O)C2)cc1. The van der Waals surface area contributed by atoms with Crippen molar-refractivity contribution in [3.8, 4) is 11.4 Å². The number of benzene rings is 1. The van der Waals surface area contributed by atoms with E-state index in [1.165, 1.54) is 4.68 Å². The summed E-state index contributed by atoms with van der Waals surface area (Å²) in [6, 6.07) is 7.11. The predicted octanol–water partition coefficient (Wildman–Crippen LogP) is 2.63. The van der Waals surface area contributed by atoms with Gasteiger partial charge >= 0.3 is 0 Å². The van der Waals surface area contributed by atoms with Crippen LogP contribution in [-0.4, -0.2) is 46.9 Å². The first-order valence-electron chi connectivity index (χ1n) is 9.65. The molecule has 0 unspecified atom stereocenters. The third-order valence-electron chi connectivity index (χ3n) is 5.21. The molecule has 2 heterocycles. The lowest BCUT2D eigenvalue weighted by Crippen LogP contribution is -2.37. The molecule has 1 aliphatic carbocycles. The number of aliphatic hydroxyl groups excluding tert-OH is 1. The Kier molecular flexibility index (Phi) is 5.85. The summed E-state index contributed by atoms with van der Waals surface area (Å²) in [4.78, 5) is 12.6. The molecule has 1 atom stereocenters. The predicted molar refractivity (Wildman–Crippen MR) is 107 cm³/mol. The van der Waals surface area contributed by atoms with E-state index in [1.54, 1.807) is 30.5 Å². The molecule has 1 saturated heterocycles. The van der Waals surface area contributed by atoms with E-state index >= 15 is 0 Å². The third kappa shape index (κ3) is 4.32. The Morgan fingerprint density at radius 3 is 2.79 bits per heavy atom. The lowest BCUT2D eigenvalue weighted by atomic mass is 9.92. The topological polar surface area (TPSA) is 85.6 Å². The molecule has 4 rings (SSSR count). The summed E-state index contributed by atoms with van der Waals surface area (Å²) < 4.78 is 12.5. The van der Waals surface area contributed by atoms with Crippen molar-refractivity contribution in [2.75, 3.05) is 25.1 Å². The van der Waals surface area contributed by atoms with Crippen LogP contribution in [0.3, 0.4) is 0 Å². The van der Waals surface area contributed by atoms with Gasteiger partial charge in [0.25, 0.3) is 5.56 Å². The second kappa shape index (κ2) is 8.51. The van der Waals surface area contributed by atoms with Crippen molar-refractivity contribution in [3.63, 3.8) is 0 Å². The van der Waals surface area contributed by atoms with Gasteiger partial charge in [-0.1, -0.05) is 11.6 Å². The maximum absolute atomic E-state index is 12.6. The first-order valence-corrected chi connectivity index (χ1v) is 10.0. The molecule has 8 heteroatoms. The first-order chi connectivity index (χ1) is 13.6. The van der Waals surface area contributed by atoms with E-state index in [4.69, 9.17) is 21.1 Å². The fourth-order valence-corrected chi connectivity index (χ4v) is 3.65. The molecule has 2 aliphatic rings. The molecule has 2 fully saturated rings. The zero-order valence-corrected chi connectivity index (χ0v) is 16.3. The highest BCUT2D eigenvalue weighted by Gasteiger charge is 2.28. The molecule has 0 amide bonds. The molecule has 1 saturated carbocycles. The Labute approximate surface area is 168 Å². The standard InChI is InChI=1S/C20H24ClN3O4/c21-19-18(22-10-13-2-1-7-27-12-13)11-23-24(20(19)26)14-3-5-16(6-4-14)28-17-8-15(25)9-17/h3-6,11,13,15,17,22,25H,1-2,7-10,12H2/t13-,15?,17?/m1/s1. The van der Waals surface area contributed by atoms with Gasteiger partial charge in [0.1, 0.15) is 16.9 Å². The minimum atomic E-state index is -0.373. The van der Waals surface area contributed by atoms with Crippen molar-refractivity contribution in [1.82, 2.24) is 9.78 Å². The Balaban J connectivity index is 1.43. The number of aromatic nitrogens is 2. The van der Waals surface area contributed by atoms with E-state index in [1.807, 2.05) is 0 Å². The van der Waals surface area contributed by atoms with E-state index < -0.39 is 0 Å². The van der Waals surface area contributed by atoms with Crippen molar-refractivity contribution in [3.05, 3.63) is 45.8 Å². The van der Waals surface area contributed by atoms with E-state index in [0.29, 0.717) is 42.4 Å². The quantitative estimate of drug-likeness (QED) is 0.768. The first kappa shape index (κ1) is 19.2. The van der Waals surface area contributed by atoms with Gasteiger partial charge in [0.2, 0.25) is 0 Å². The number of anilines is 1. The highest BCUT2D eigenvalue weighted by atomic mass is 35.5. The van der Waals surface area contributed by atoms with Crippen LogP contribution in [0.4, 0.5) is 5.69 Å². The van der Waals surface area contributed by atoms with Gasteiger partial charge in [-0.2, -0.15) is 9.78 Å². The molecule has 28 heavy (non-hydrogen) atoms. The summed E-state index contributed by atoms with van der Waals surface area (Å²) >= 11 is 6.29. The fourth-order valence-electron chi connectivity index (χ4n) is 3.46. The zero-order valence-electron chi connectivity index (χ0n) is 15.5.